The van der Waals surface area contributed by atoms with Crippen molar-refractivity contribution in [2.45, 2.75) is 26.0 Å². The van der Waals surface area contributed by atoms with Crippen LogP contribution in [-0.4, -0.2) is 17.8 Å². The molecule has 4 nitrogen and oxygen atoms in total. The van der Waals surface area contributed by atoms with Gasteiger partial charge in [0.2, 0.25) is 0 Å². The Hall–Kier alpha value is -2.77. The number of aromatic nitrogens is 1. The predicted molar refractivity (Wildman–Crippen MR) is 92.2 cm³/mol. The second kappa shape index (κ2) is 8.28. The largest absolute Gasteiger partial charge is 0.489 e. The fraction of sp³-hybridized carbons (Fsp3) is 0.316. The van der Waals surface area contributed by atoms with Gasteiger partial charge in [0.15, 0.2) is 11.5 Å². The van der Waals surface area contributed by atoms with Gasteiger partial charge in [-0.3, -0.25) is 9.36 Å². The van der Waals surface area contributed by atoms with E-state index < -0.39 is 18.7 Å². The Kier molecular flexibility index (Phi) is 5.83. The summed E-state index contributed by atoms with van der Waals surface area (Å²) in [4.78, 5) is 11.6. The molecule has 0 bridgehead atoms. The van der Waals surface area contributed by atoms with E-state index in [4.69, 9.17) is 4.74 Å². The first-order valence-corrected chi connectivity index (χ1v) is 8.32. The third-order valence-corrected chi connectivity index (χ3v) is 4.01. The molecule has 0 aliphatic heterocycles. The molecule has 8 heteroatoms. The first kappa shape index (κ1) is 19.0. The highest BCUT2D eigenvalue weighted by atomic mass is 19.3. The number of hydrogen-bond donors (Lipinski definition) is 0. The van der Waals surface area contributed by atoms with E-state index in [2.05, 4.69) is 4.74 Å². The molecular formula is C19H17F4NO3. The highest BCUT2D eigenvalue weighted by molar-refractivity contribution is 5.70. The summed E-state index contributed by atoms with van der Waals surface area (Å²) in [5, 5.41) is 0. The van der Waals surface area contributed by atoms with Crippen molar-refractivity contribution < 1.29 is 27.0 Å². The van der Waals surface area contributed by atoms with Gasteiger partial charge in [-0.05, 0) is 48.1 Å². The smallest absolute Gasteiger partial charge is 0.387 e. The Morgan fingerprint density at radius 2 is 1.74 bits per heavy atom. The van der Waals surface area contributed by atoms with E-state index in [0.29, 0.717) is 28.2 Å². The molecule has 27 heavy (non-hydrogen) atoms. The number of benzene rings is 1. The summed E-state index contributed by atoms with van der Waals surface area (Å²) in [7, 11) is 0. The zero-order valence-electron chi connectivity index (χ0n) is 14.2. The third kappa shape index (κ3) is 5.35. The highest BCUT2D eigenvalue weighted by Gasteiger charge is 2.23. The lowest BCUT2D eigenvalue weighted by atomic mass is 10.1. The number of halogens is 4. The number of hydrogen-bond acceptors (Lipinski definition) is 3. The maximum absolute atomic E-state index is 12.6. The average Bonchev–Trinajstić information content (AvgIpc) is 3.43. The number of ether oxygens (including phenoxy) is 2. The summed E-state index contributed by atoms with van der Waals surface area (Å²) < 4.78 is 60.6. The molecule has 1 aromatic heterocycles. The lowest BCUT2D eigenvalue weighted by Crippen LogP contribution is -2.18. The molecule has 1 fully saturated rings. The molecular weight excluding hydrogens is 366 g/mol. The Balaban J connectivity index is 1.78. The van der Waals surface area contributed by atoms with E-state index in [9.17, 15) is 22.4 Å². The van der Waals surface area contributed by atoms with Gasteiger partial charge >= 0.3 is 13.2 Å². The molecule has 1 heterocycles. The quantitative estimate of drug-likeness (QED) is 0.615. The van der Waals surface area contributed by atoms with Crippen LogP contribution in [0.2, 0.25) is 0 Å². The van der Waals surface area contributed by atoms with Crippen molar-refractivity contribution in [1.82, 2.24) is 4.57 Å². The van der Waals surface area contributed by atoms with Gasteiger partial charge in [-0.15, -0.1) is 0 Å². The van der Waals surface area contributed by atoms with Crippen LogP contribution in [0.25, 0.3) is 12.2 Å². The van der Waals surface area contributed by atoms with Crippen LogP contribution in [0.5, 0.6) is 11.5 Å². The molecule has 0 N–H and O–H groups in total. The zero-order chi connectivity index (χ0) is 19.4. The Labute approximate surface area is 152 Å². The van der Waals surface area contributed by atoms with Crippen LogP contribution in [0.4, 0.5) is 17.6 Å². The van der Waals surface area contributed by atoms with Crippen molar-refractivity contribution >= 4 is 12.2 Å². The summed E-state index contributed by atoms with van der Waals surface area (Å²) in [6, 6.07) is 6.95. The summed E-state index contributed by atoms with van der Waals surface area (Å²) in [5.41, 5.74) is 0.243. The van der Waals surface area contributed by atoms with Gasteiger partial charge in [-0.2, -0.15) is 17.6 Å². The molecule has 0 atom stereocenters. The molecule has 1 saturated carbocycles. The maximum Gasteiger partial charge on any atom is 0.387 e. The fourth-order valence-corrected chi connectivity index (χ4v) is 2.39. The van der Waals surface area contributed by atoms with Crippen LogP contribution in [0.3, 0.4) is 0 Å². The molecule has 1 aliphatic carbocycles. The maximum atomic E-state index is 12.6. The van der Waals surface area contributed by atoms with Crippen LogP contribution >= 0.6 is 0 Å². The van der Waals surface area contributed by atoms with E-state index in [-0.39, 0.29) is 11.5 Å². The van der Waals surface area contributed by atoms with Crippen molar-refractivity contribution in [3.63, 3.8) is 0 Å². The molecule has 1 aromatic carbocycles. The van der Waals surface area contributed by atoms with Gasteiger partial charge in [0.25, 0.3) is 5.56 Å². The summed E-state index contributed by atoms with van der Waals surface area (Å²) >= 11 is 0. The first-order valence-electron chi connectivity index (χ1n) is 8.32. The van der Waals surface area contributed by atoms with Gasteiger partial charge in [-0.25, -0.2) is 0 Å². The van der Waals surface area contributed by atoms with Crippen LogP contribution in [-0.2, 0) is 0 Å². The molecule has 144 valence electrons. The van der Waals surface area contributed by atoms with E-state index >= 15 is 0 Å². The van der Waals surface area contributed by atoms with E-state index in [0.717, 1.165) is 25.1 Å². The molecule has 0 unspecified atom stereocenters. The second-order valence-corrected chi connectivity index (χ2v) is 6.16. The molecule has 2 aromatic rings. The zero-order valence-corrected chi connectivity index (χ0v) is 14.2. The van der Waals surface area contributed by atoms with E-state index in [1.165, 1.54) is 12.1 Å². The second-order valence-electron chi connectivity index (χ2n) is 6.16. The number of rotatable bonds is 8. The summed E-state index contributed by atoms with van der Waals surface area (Å²) in [5.74, 6) is 0.588. The van der Waals surface area contributed by atoms with Crippen LogP contribution < -0.4 is 15.0 Å². The third-order valence-electron chi connectivity index (χ3n) is 4.01. The van der Waals surface area contributed by atoms with Crippen molar-refractivity contribution in [2.24, 2.45) is 5.92 Å². The molecule has 3 rings (SSSR count). The van der Waals surface area contributed by atoms with Crippen LogP contribution in [0.1, 0.15) is 30.5 Å². The van der Waals surface area contributed by atoms with Crippen molar-refractivity contribution in [3.05, 3.63) is 58.0 Å². The Morgan fingerprint density at radius 1 is 1.04 bits per heavy atom. The predicted octanol–water partition coefficient (Wildman–Crippen LogP) is 4.80. The van der Waals surface area contributed by atoms with Gasteiger partial charge in [0, 0.05) is 12.3 Å². The van der Waals surface area contributed by atoms with Gasteiger partial charge in [0.05, 0.1) is 6.61 Å². The highest BCUT2D eigenvalue weighted by Crippen LogP contribution is 2.34. The molecule has 0 amide bonds. The minimum Gasteiger partial charge on any atom is -0.489 e. The van der Waals surface area contributed by atoms with Crippen LogP contribution in [0.15, 0.2) is 41.3 Å². The van der Waals surface area contributed by atoms with Crippen molar-refractivity contribution in [3.8, 4) is 11.5 Å². The van der Waals surface area contributed by atoms with Crippen molar-refractivity contribution in [1.29, 1.82) is 0 Å². The number of nitrogens with zero attached hydrogens (tertiary/aromatic N) is 1. The minimum absolute atomic E-state index is 0.0534. The molecule has 0 spiro atoms. The van der Waals surface area contributed by atoms with Crippen molar-refractivity contribution in [2.75, 3.05) is 6.61 Å². The Morgan fingerprint density at radius 3 is 2.33 bits per heavy atom. The van der Waals surface area contributed by atoms with Gasteiger partial charge < -0.3 is 9.47 Å². The van der Waals surface area contributed by atoms with E-state index in [1.54, 1.807) is 24.3 Å². The molecule has 1 aliphatic rings. The molecule has 0 saturated heterocycles. The lowest BCUT2D eigenvalue weighted by molar-refractivity contribution is -0.0515. The Bertz CT molecular complexity index is 875. The first-order chi connectivity index (χ1) is 12.9. The number of pyridine rings is 1. The lowest BCUT2D eigenvalue weighted by Gasteiger charge is -2.12. The van der Waals surface area contributed by atoms with E-state index in [1.807, 2.05) is 0 Å². The monoisotopic (exact) mass is 383 g/mol. The van der Waals surface area contributed by atoms with Gasteiger partial charge in [0.1, 0.15) is 0 Å². The standard InChI is InChI=1S/C19H17F4NO3/c20-18(21)24-8-7-13(10-17(24)25)2-1-12-5-6-15(27-19(22)23)16(9-12)26-11-14-3-4-14/h1-2,5-10,14,18-19H,3-4,11H2/b2-1+. The topological polar surface area (TPSA) is 40.5 Å². The normalized spacial score (nSPS) is 14.3. The summed E-state index contributed by atoms with van der Waals surface area (Å²) in [6.07, 6.45) is 6.29. The SMILES string of the molecule is O=c1cc(/C=C/c2ccc(OC(F)F)c(OCC3CC3)c2)ccn1C(F)F. The molecule has 0 radical (unpaired) electrons. The fourth-order valence-electron chi connectivity index (χ4n) is 2.39. The van der Waals surface area contributed by atoms with Crippen LogP contribution in [0, 0.1) is 5.92 Å². The number of alkyl halides is 4. The van der Waals surface area contributed by atoms with Gasteiger partial charge in [-0.1, -0.05) is 18.2 Å². The average molecular weight is 383 g/mol. The summed E-state index contributed by atoms with van der Waals surface area (Å²) in [6.45, 7) is -5.43. The minimum atomic E-state index is -2.96.